The standard InChI is InChI=1S/C39H50FN5O5/c1-38(2,3)50-34(36(47)48)33-29(40)12-13-31-32(33)28(23-14-17-39(4,5)18-15-23)22-45(31)37-41-19-16-30(43-37)35(46)42-24-6-8-25(9-7-24)44-20-26-10-11-27(21-44)49-26/h12-14,16,19,22,24-27,34H,6-11,15,17-18,20-21H2,1-5H3,(H,42,46)(H,47,48)/t24?,25?,26?,27?,34-/m0/s1. The summed E-state index contributed by atoms with van der Waals surface area (Å²) in [5.74, 6) is -1.94. The number of hydrogen-bond acceptors (Lipinski definition) is 7. The molecule has 4 heterocycles. The number of carbonyl (C=O) groups excluding carboxylic acids is 1. The number of allylic oxidation sites excluding steroid dienone is 2. The Morgan fingerprint density at radius 3 is 2.44 bits per heavy atom. The summed E-state index contributed by atoms with van der Waals surface area (Å²) < 4.78 is 29.6. The number of aromatic nitrogens is 3. The first kappa shape index (κ1) is 34.8. The van der Waals surface area contributed by atoms with Crippen molar-refractivity contribution in [1.29, 1.82) is 0 Å². The number of carboxylic acid groups (broad SMARTS) is 1. The fourth-order valence-electron chi connectivity index (χ4n) is 8.28. The van der Waals surface area contributed by atoms with Crippen molar-refractivity contribution in [3.05, 3.63) is 59.3 Å². The number of fused-ring (bicyclic) bond motifs is 3. The Kier molecular flexibility index (Phi) is 9.36. The lowest BCUT2D eigenvalue weighted by molar-refractivity contribution is -0.160. The Morgan fingerprint density at radius 2 is 1.80 bits per heavy atom. The molecule has 7 rings (SSSR count). The molecule has 2 aliphatic carbocycles. The number of nitrogens with zero attached hydrogens (tertiary/aromatic N) is 4. The highest BCUT2D eigenvalue weighted by Gasteiger charge is 2.38. The number of carboxylic acids is 1. The molecule has 1 saturated carbocycles. The van der Waals surface area contributed by atoms with Crippen LogP contribution in [0, 0.1) is 11.2 Å². The number of amides is 1. The van der Waals surface area contributed by atoms with Crippen LogP contribution in [0.2, 0.25) is 0 Å². The Morgan fingerprint density at radius 1 is 1.08 bits per heavy atom. The molecule has 4 aliphatic rings. The highest BCUT2D eigenvalue weighted by atomic mass is 19.1. The molecule has 3 fully saturated rings. The molecule has 0 spiro atoms. The van der Waals surface area contributed by atoms with Gasteiger partial charge in [-0.2, -0.15) is 0 Å². The summed E-state index contributed by atoms with van der Waals surface area (Å²) in [6, 6.07) is 5.10. The quantitative estimate of drug-likeness (QED) is 0.260. The lowest BCUT2D eigenvalue weighted by Gasteiger charge is -2.41. The summed E-state index contributed by atoms with van der Waals surface area (Å²) in [5.41, 5.74) is 1.76. The van der Waals surface area contributed by atoms with Crippen LogP contribution in [0.15, 0.2) is 36.7 Å². The Bertz CT molecular complexity index is 1790. The monoisotopic (exact) mass is 687 g/mol. The minimum Gasteiger partial charge on any atom is -0.479 e. The predicted molar refractivity (Wildman–Crippen MR) is 189 cm³/mol. The molecule has 268 valence electrons. The fourth-order valence-corrected chi connectivity index (χ4v) is 8.28. The zero-order valence-corrected chi connectivity index (χ0v) is 29.9. The maximum atomic E-state index is 15.9. The normalized spacial score (nSPS) is 26.1. The van der Waals surface area contributed by atoms with E-state index in [1.54, 1.807) is 43.7 Å². The SMILES string of the molecule is CC1(C)CC=C(c2cn(-c3nccc(C(=O)NC4CCC(N5CC6CCC(C5)O6)CC4)n3)c3ccc(F)c([C@H](OC(C)(C)C)C(=O)O)c23)CC1. The summed E-state index contributed by atoms with van der Waals surface area (Å²) in [5, 5.41) is 14.0. The van der Waals surface area contributed by atoms with E-state index in [0.29, 0.717) is 29.2 Å². The molecule has 10 nitrogen and oxygen atoms in total. The highest BCUT2D eigenvalue weighted by Crippen LogP contribution is 2.44. The van der Waals surface area contributed by atoms with Crippen molar-refractivity contribution in [2.45, 2.75) is 128 Å². The smallest absolute Gasteiger partial charge is 0.337 e. The molecule has 2 aliphatic heterocycles. The largest absolute Gasteiger partial charge is 0.479 e. The van der Waals surface area contributed by atoms with E-state index in [2.05, 4.69) is 35.1 Å². The minimum absolute atomic E-state index is 0.0290. The zero-order chi connectivity index (χ0) is 35.4. The fraction of sp³-hybridized carbons (Fsp3) is 0.590. The molecule has 2 saturated heterocycles. The second kappa shape index (κ2) is 13.5. The molecule has 2 unspecified atom stereocenters. The Balaban J connectivity index is 1.18. The van der Waals surface area contributed by atoms with Crippen molar-refractivity contribution in [1.82, 2.24) is 24.8 Å². The number of rotatable bonds is 8. The van der Waals surface area contributed by atoms with Crippen molar-refractivity contribution in [2.24, 2.45) is 5.41 Å². The van der Waals surface area contributed by atoms with E-state index in [4.69, 9.17) is 14.5 Å². The first-order valence-corrected chi connectivity index (χ1v) is 18.2. The third kappa shape index (κ3) is 7.22. The van der Waals surface area contributed by atoms with E-state index in [1.165, 1.54) is 6.07 Å². The Hall–Kier alpha value is -3.67. The van der Waals surface area contributed by atoms with Crippen molar-refractivity contribution < 1.29 is 28.6 Å². The summed E-state index contributed by atoms with van der Waals surface area (Å²) >= 11 is 0. The minimum atomic E-state index is -1.54. The Labute approximate surface area is 293 Å². The molecule has 1 amide bonds. The first-order chi connectivity index (χ1) is 23.7. The number of morpholine rings is 1. The van der Waals surface area contributed by atoms with E-state index in [-0.39, 0.29) is 34.6 Å². The molecule has 3 atom stereocenters. The average molecular weight is 688 g/mol. The molecule has 11 heteroatoms. The van der Waals surface area contributed by atoms with Crippen molar-refractivity contribution in [3.8, 4) is 5.95 Å². The van der Waals surface area contributed by atoms with Gasteiger partial charge in [-0.15, -0.1) is 0 Å². The van der Waals surface area contributed by atoms with Crippen LogP contribution in [0.1, 0.15) is 120 Å². The molecule has 3 aromatic rings. The number of carbonyl (C=O) groups is 2. The van der Waals surface area contributed by atoms with E-state index >= 15 is 4.39 Å². The molecule has 2 N–H and O–H groups in total. The van der Waals surface area contributed by atoms with E-state index in [9.17, 15) is 14.7 Å². The van der Waals surface area contributed by atoms with Gasteiger partial charge in [0.05, 0.1) is 23.3 Å². The topological polar surface area (TPSA) is 119 Å². The van der Waals surface area contributed by atoms with Crippen LogP contribution in [-0.4, -0.2) is 79.4 Å². The van der Waals surface area contributed by atoms with E-state index in [0.717, 1.165) is 82.0 Å². The number of benzene rings is 1. The van der Waals surface area contributed by atoms with Crippen LogP contribution < -0.4 is 5.32 Å². The van der Waals surface area contributed by atoms with Gasteiger partial charge in [0, 0.05) is 54.1 Å². The maximum Gasteiger partial charge on any atom is 0.337 e. The first-order valence-electron chi connectivity index (χ1n) is 18.2. The second-order valence-corrected chi connectivity index (χ2v) is 16.4. The average Bonchev–Trinajstić information content (AvgIpc) is 3.62. The van der Waals surface area contributed by atoms with Gasteiger partial charge < -0.3 is 19.9 Å². The van der Waals surface area contributed by atoms with Gasteiger partial charge in [-0.25, -0.2) is 19.2 Å². The van der Waals surface area contributed by atoms with Crippen LogP contribution in [0.4, 0.5) is 4.39 Å². The zero-order valence-electron chi connectivity index (χ0n) is 29.9. The molecule has 50 heavy (non-hydrogen) atoms. The van der Waals surface area contributed by atoms with Crippen LogP contribution in [0.5, 0.6) is 0 Å². The highest BCUT2D eigenvalue weighted by molar-refractivity contribution is 5.99. The van der Waals surface area contributed by atoms with Gasteiger partial charge in [0.25, 0.3) is 5.91 Å². The van der Waals surface area contributed by atoms with Gasteiger partial charge >= 0.3 is 5.97 Å². The van der Waals surface area contributed by atoms with Crippen molar-refractivity contribution in [2.75, 3.05) is 13.1 Å². The van der Waals surface area contributed by atoms with Gasteiger partial charge in [-0.05, 0) is 108 Å². The van der Waals surface area contributed by atoms with Crippen LogP contribution in [0.3, 0.4) is 0 Å². The molecule has 1 aromatic carbocycles. The van der Waals surface area contributed by atoms with Gasteiger partial charge in [-0.3, -0.25) is 14.3 Å². The molecular formula is C39H50FN5O5. The maximum absolute atomic E-state index is 15.9. The summed E-state index contributed by atoms with van der Waals surface area (Å²) in [7, 11) is 0. The van der Waals surface area contributed by atoms with Crippen molar-refractivity contribution >= 4 is 28.4 Å². The number of likely N-dealkylation sites (tertiary alicyclic amines) is 1. The van der Waals surface area contributed by atoms with Gasteiger partial charge in [0.2, 0.25) is 5.95 Å². The van der Waals surface area contributed by atoms with Crippen LogP contribution >= 0.6 is 0 Å². The molecular weight excluding hydrogens is 637 g/mol. The summed E-state index contributed by atoms with van der Waals surface area (Å²) in [4.78, 5) is 38.1. The third-order valence-electron chi connectivity index (χ3n) is 10.9. The number of halogens is 1. The number of ether oxygens (including phenoxy) is 2. The van der Waals surface area contributed by atoms with Crippen LogP contribution in [0.25, 0.3) is 22.4 Å². The third-order valence-corrected chi connectivity index (χ3v) is 10.9. The van der Waals surface area contributed by atoms with Gasteiger partial charge in [0.1, 0.15) is 11.5 Å². The number of nitrogens with one attached hydrogen (secondary N) is 1. The lowest BCUT2D eigenvalue weighted by atomic mass is 9.77. The van der Waals surface area contributed by atoms with E-state index < -0.39 is 23.5 Å². The summed E-state index contributed by atoms with van der Waals surface area (Å²) in [6.45, 7) is 11.7. The van der Waals surface area contributed by atoms with Crippen LogP contribution in [-0.2, 0) is 14.3 Å². The molecule has 0 radical (unpaired) electrons. The van der Waals surface area contributed by atoms with Gasteiger partial charge in [0.15, 0.2) is 6.10 Å². The second-order valence-electron chi connectivity index (χ2n) is 16.4. The van der Waals surface area contributed by atoms with Gasteiger partial charge in [-0.1, -0.05) is 19.9 Å². The number of hydrogen-bond donors (Lipinski definition) is 2. The predicted octanol–water partition coefficient (Wildman–Crippen LogP) is 7.00. The number of aliphatic carboxylic acids is 1. The summed E-state index contributed by atoms with van der Waals surface area (Å²) in [6.07, 6.45) is 13.5. The van der Waals surface area contributed by atoms with E-state index in [1.807, 2.05) is 6.20 Å². The molecule has 2 bridgehead atoms. The van der Waals surface area contributed by atoms with Crippen molar-refractivity contribution in [3.63, 3.8) is 0 Å². The molecule has 2 aromatic heterocycles. The lowest BCUT2D eigenvalue weighted by Crippen LogP contribution is -2.50.